The van der Waals surface area contributed by atoms with E-state index in [4.69, 9.17) is 9.73 Å². The summed E-state index contributed by atoms with van der Waals surface area (Å²) >= 11 is 0. The molecule has 0 aromatic heterocycles. The predicted molar refractivity (Wildman–Crippen MR) is 117 cm³/mol. The third kappa shape index (κ3) is 6.86. The summed E-state index contributed by atoms with van der Waals surface area (Å²) in [6.45, 7) is 7.90. The van der Waals surface area contributed by atoms with Crippen molar-refractivity contribution in [3.63, 3.8) is 0 Å². The number of guanidine groups is 1. The number of rotatable bonds is 6. The Bertz CT molecular complexity index is 389. The van der Waals surface area contributed by atoms with Crippen LogP contribution >= 0.6 is 24.0 Å². The largest absolute Gasteiger partial charge is 0.381 e. The fraction of sp³-hybridized carbons (Fsp3) is 0.947. The maximum absolute atomic E-state index is 5.56. The summed E-state index contributed by atoms with van der Waals surface area (Å²) in [6, 6.07) is 0.579. The number of aliphatic imine (C=N–C) groups is 1. The summed E-state index contributed by atoms with van der Waals surface area (Å²) in [7, 11) is 4.35. The molecule has 2 N–H and O–H groups in total. The molecule has 1 aliphatic carbocycles. The number of nitrogens with one attached hydrogen (secondary N) is 2. The molecular formula is C19H39IN4O. The van der Waals surface area contributed by atoms with E-state index in [0.29, 0.717) is 6.04 Å². The Hall–Kier alpha value is -0.0800. The molecule has 1 saturated heterocycles. The van der Waals surface area contributed by atoms with Crippen molar-refractivity contribution in [2.45, 2.75) is 70.4 Å². The average molecular weight is 466 g/mol. The first-order valence-electron chi connectivity index (χ1n) is 9.89. The van der Waals surface area contributed by atoms with Crippen LogP contribution in [-0.2, 0) is 4.74 Å². The lowest BCUT2D eigenvalue weighted by Gasteiger charge is -2.41. The number of nitrogens with zero attached hydrogens (tertiary/aromatic N) is 2. The zero-order valence-electron chi connectivity index (χ0n) is 16.6. The average Bonchev–Trinajstić information content (AvgIpc) is 2.61. The van der Waals surface area contributed by atoms with Crippen LogP contribution < -0.4 is 10.6 Å². The SMILES string of the molecule is CCNC(=NCC1(N(C)C)CCOCC1)NC1CCC(CC)CC1.I. The van der Waals surface area contributed by atoms with Crippen LogP contribution in [0.2, 0.25) is 0 Å². The molecule has 5 nitrogen and oxygen atoms in total. The lowest BCUT2D eigenvalue weighted by atomic mass is 9.84. The Morgan fingerprint density at radius 3 is 2.28 bits per heavy atom. The normalized spacial score (nSPS) is 26.8. The molecule has 0 bridgehead atoms. The first-order chi connectivity index (χ1) is 11.6. The highest BCUT2D eigenvalue weighted by molar-refractivity contribution is 14.0. The first kappa shape index (κ1) is 23.0. The van der Waals surface area contributed by atoms with Crippen LogP contribution in [0, 0.1) is 5.92 Å². The molecule has 148 valence electrons. The summed E-state index contributed by atoms with van der Waals surface area (Å²) in [5.41, 5.74) is 0.139. The fourth-order valence-corrected chi connectivity index (χ4v) is 3.95. The van der Waals surface area contributed by atoms with Gasteiger partial charge < -0.3 is 20.3 Å². The van der Waals surface area contributed by atoms with Gasteiger partial charge in [0.05, 0.1) is 6.54 Å². The summed E-state index contributed by atoms with van der Waals surface area (Å²) < 4.78 is 5.56. The summed E-state index contributed by atoms with van der Waals surface area (Å²) in [5.74, 6) is 1.92. The van der Waals surface area contributed by atoms with Gasteiger partial charge in [-0.1, -0.05) is 13.3 Å². The van der Waals surface area contributed by atoms with Crippen LogP contribution in [0.4, 0.5) is 0 Å². The van der Waals surface area contributed by atoms with Gasteiger partial charge in [0.25, 0.3) is 0 Å². The van der Waals surface area contributed by atoms with Crippen molar-refractivity contribution in [3.05, 3.63) is 0 Å². The Morgan fingerprint density at radius 1 is 1.12 bits per heavy atom. The Labute approximate surface area is 171 Å². The van der Waals surface area contributed by atoms with E-state index in [1.807, 2.05) is 0 Å². The number of likely N-dealkylation sites (N-methyl/N-ethyl adjacent to an activating group) is 1. The van der Waals surface area contributed by atoms with Crippen molar-refractivity contribution in [2.75, 3.05) is 40.4 Å². The van der Waals surface area contributed by atoms with Gasteiger partial charge in [-0.2, -0.15) is 0 Å². The number of hydrogen-bond acceptors (Lipinski definition) is 3. The zero-order chi connectivity index (χ0) is 17.4. The van der Waals surface area contributed by atoms with E-state index < -0.39 is 0 Å². The molecule has 2 aliphatic rings. The third-order valence-corrected chi connectivity index (χ3v) is 6.01. The summed E-state index contributed by atoms with van der Waals surface area (Å²) in [6.07, 6.45) is 8.70. The number of ether oxygens (including phenoxy) is 1. The highest BCUT2D eigenvalue weighted by atomic mass is 127. The summed E-state index contributed by atoms with van der Waals surface area (Å²) in [4.78, 5) is 7.30. The van der Waals surface area contributed by atoms with Crippen molar-refractivity contribution < 1.29 is 4.74 Å². The zero-order valence-corrected chi connectivity index (χ0v) is 19.0. The number of hydrogen-bond donors (Lipinski definition) is 2. The summed E-state index contributed by atoms with van der Waals surface area (Å²) in [5, 5.41) is 7.13. The van der Waals surface area contributed by atoms with Crippen molar-refractivity contribution in [3.8, 4) is 0 Å². The van der Waals surface area contributed by atoms with Crippen LogP contribution in [0.3, 0.4) is 0 Å². The topological polar surface area (TPSA) is 48.9 Å². The molecule has 1 heterocycles. The fourth-order valence-electron chi connectivity index (χ4n) is 3.95. The van der Waals surface area contributed by atoms with Gasteiger partial charge in [-0.15, -0.1) is 24.0 Å². The van der Waals surface area contributed by atoms with E-state index >= 15 is 0 Å². The molecule has 1 saturated carbocycles. The van der Waals surface area contributed by atoms with Gasteiger partial charge in [-0.05, 0) is 65.5 Å². The van der Waals surface area contributed by atoms with Gasteiger partial charge in [0.2, 0.25) is 0 Å². The van der Waals surface area contributed by atoms with Crippen LogP contribution in [-0.4, -0.2) is 62.8 Å². The van der Waals surface area contributed by atoms with Gasteiger partial charge in [-0.3, -0.25) is 4.99 Å². The molecule has 0 spiro atoms. The monoisotopic (exact) mass is 466 g/mol. The van der Waals surface area contributed by atoms with Gasteiger partial charge in [-0.25, -0.2) is 0 Å². The second kappa shape index (κ2) is 11.6. The standard InChI is InChI=1S/C19H38N4O.HI/c1-5-16-7-9-17(10-8-16)22-18(20-6-2)21-15-19(23(3)4)11-13-24-14-12-19;/h16-17H,5-15H2,1-4H3,(H2,20,21,22);1H. The highest BCUT2D eigenvalue weighted by Gasteiger charge is 2.34. The van der Waals surface area contributed by atoms with E-state index in [1.165, 1.54) is 32.1 Å². The molecule has 2 fully saturated rings. The Morgan fingerprint density at radius 2 is 1.76 bits per heavy atom. The van der Waals surface area contributed by atoms with Crippen LogP contribution in [0.25, 0.3) is 0 Å². The molecule has 0 unspecified atom stereocenters. The second-order valence-electron chi connectivity index (χ2n) is 7.70. The van der Waals surface area contributed by atoms with Gasteiger partial charge in [0.15, 0.2) is 5.96 Å². The molecule has 25 heavy (non-hydrogen) atoms. The highest BCUT2D eigenvalue weighted by Crippen LogP contribution is 2.27. The van der Waals surface area contributed by atoms with Crippen molar-refractivity contribution in [1.82, 2.24) is 15.5 Å². The molecule has 0 radical (unpaired) electrons. The smallest absolute Gasteiger partial charge is 0.191 e. The Kier molecular flexibility index (Phi) is 10.6. The minimum absolute atomic E-state index is 0. The van der Waals surface area contributed by atoms with Gasteiger partial charge in [0.1, 0.15) is 0 Å². The first-order valence-corrected chi connectivity index (χ1v) is 9.89. The molecule has 6 heteroatoms. The maximum atomic E-state index is 5.56. The van der Waals surface area contributed by atoms with E-state index in [-0.39, 0.29) is 29.5 Å². The minimum Gasteiger partial charge on any atom is -0.381 e. The van der Waals surface area contributed by atoms with E-state index in [2.05, 4.69) is 43.5 Å². The lowest BCUT2D eigenvalue weighted by molar-refractivity contribution is -0.00255. The molecule has 0 atom stereocenters. The second-order valence-corrected chi connectivity index (χ2v) is 7.70. The molecule has 1 aliphatic heterocycles. The van der Waals surface area contributed by atoms with Crippen molar-refractivity contribution in [1.29, 1.82) is 0 Å². The molecular weight excluding hydrogens is 427 g/mol. The van der Waals surface area contributed by atoms with E-state index in [1.54, 1.807) is 0 Å². The van der Waals surface area contributed by atoms with Gasteiger partial charge >= 0.3 is 0 Å². The third-order valence-electron chi connectivity index (χ3n) is 6.01. The molecule has 2 rings (SSSR count). The van der Waals surface area contributed by atoms with Crippen LogP contribution in [0.1, 0.15) is 58.8 Å². The van der Waals surface area contributed by atoms with Gasteiger partial charge in [0, 0.05) is 31.3 Å². The lowest BCUT2D eigenvalue weighted by Crippen LogP contribution is -2.52. The molecule has 0 aromatic carbocycles. The molecule has 0 aromatic rings. The predicted octanol–water partition coefficient (Wildman–Crippen LogP) is 3.24. The molecule has 0 amide bonds. The number of halogens is 1. The van der Waals surface area contributed by atoms with Crippen molar-refractivity contribution >= 4 is 29.9 Å². The maximum Gasteiger partial charge on any atom is 0.191 e. The Balaban J connectivity index is 0.00000312. The van der Waals surface area contributed by atoms with E-state index in [0.717, 1.165) is 51.0 Å². The van der Waals surface area contributed by atoms with E-state index in [9.17, 15) is 0 Å². The van der Waals surface area contributed by atoms with Crippen LogP contribution in [0.15, 0.2) is 4.99 Å². The quantitative estimate of drug-likeness (QED) is 0.359. The van der Waals surface area contributed by atoms with Crippen LogP contribution in [0.5, 0.6) is 0 Å². The minimum atomic E-state index is 0. The van der Waals surface area contributed by atoms with Crippen molar-refractivity contribution in [2.24, 2.45) is 10.9 Å².